The number of amides is 1. The van der Waals surface area contributed by atoms with Gasteiger partial charge in [0.25, 0.3) is 5.78 Å². The summed E-state index contributed by atoms with van der Waals surface area (Å²) in [4.78, 5) is 20.3. The molecule has 0 aliphatic heterocycles. The molecule has 112 valence electrons. The quantitative estimate of drug-likeness (QED) is 0.582. The van der Waals surface area contributed by atoms with E-state index in [1.54, 1.807) is 6.07 Å². The first kappa shape index (κ1) is 13.9. The molecule has 0 bridgehead atoms. The van der Waals surface area contributed by atoms with Crippen molar-refractivity contribution < 1.29 is 9.21 Å². The Hall–Kier alpha value is -3.03. The molecule has 0 spiro atoms. The number of hydrogen-bond donors (Lipinski definition) is 1. The van der Waals surface area contributed by atoms with E-state index in [2.05, 4.69) is 25.6 Å². The highest BCUT2D eigenvalue weighted by Crippen LogP contribution is 2.05. The lowest BCUT2D eigenvalue weighted by Gasteiger charge is -1.97. The monoisotopic (exact) mass is 298 g/mol. The van der Waals surface area contributed by atoms with Crippen LogP contribution in [0.3, 0.4) is 0 Å². The van der Waals surface area contributed by atoms with E-state index in [0.717, 1.165) is 17.1 Å². The van der Waals surface area contributed by atoms with Gasteiger partial charge >= 0.3 is 5.91 Å². The maximum atomic E-state index is 12.0. The highest BCUT2D eigenvalue weighted by Gasteiger charge is 2.14. The van der Waals surface area contributed by atoms with Crippen molar-refractivity contribution in [1.82, 2.24) is 25.0 Å². The van der Waals surface area contributed by atoms with Crippen LogP contribution in [0.25, 0.3) is 5.78 Å². The molecule has 0 saturated heterocycles. The van der Waals surface area contributed by atoms with E-state index in [1.807, 2.05) is 32.9 Å². The number of nitrogens with zero attached hydrogens (tertiary/aromatic N) is 5. The Morgan fingerprint density at radius 3 is 2.86 bits per heavy atom. The van der Waals surface area contributed by atoms with Gasteiger partial charge in [0.15, 0.2) is 0 Å². The highest BCUT2D eigenvalue weighted by molar-refractivity contribution is 5.91. The minimum atomic E-state index is -0.512. The molecule has 0 atom stereocenters. The van der Waals surface area contributed by atoms with Crippen molar-refractivity contribution >= 4 is 17.9 Å². The summed E-state index contributed by atoms with van der Waals surface area (Å²) in [6.45, 7) is 5.56. The van der Waals surface area contributed by atoms with Crippen LogP contribution in [0.2, 0.25) is 0 Å². The fourth-order valence-electron chi connectivity index (χ4n) is 1.99. The standard InChI is InChI=1S/C14H14N6O2/c1-8-6-9(2)20-14(16-8)17-12(19-20)13(21)18-15-7-11-5-4-10(3)22-11/h4-7H,1-3H3,(H,18,21). The van der Waals surface area contributed by atoms with Gasteiger partial charge in [-0.05, 0) is 39.0 Å². The van der Waals surface area contributed by atoms with Gasteiger partial charge in [0, 0.05) is 11.4 Å². The third-order valence-electron chi connectivity index (χ3n) is 2.94. The number of hydrazone groups is 1. The summed E-state index contributed by atoms with van der Waals surface area (Å²) in [6.07, 6.45) is 1.41. The Morgan fingerprint density at radius 1 is 1.32 bits per heavy atom. The minimum absolute atomic E-state index is 0.00831. The summed E-state index contributed by atoms with van der Waals surface area (Å²) >= 11 is 0. The molecule has 3 heterocycles. The van der Waals surface area contributed by atoms with Crippen LogP contribution in [0.1, 0.15) is 33.5 Å². The average Bonchev–Trinajstić information content (AvgIpc) is 3.05. The van der Waals surface area contributed by atoms with E-state index in [4.69, 9.17) is 4.42 Å². The van der Waals surface area contributed by atoms with Crippen molar-refractivity contribution in [2.24, 2.45) is 5.10 Å². The predicted molar refractivity (Wildman–Crippen MR) is 78.8 cm³/mol. The first-order valence-corrected chi connectivity index (χ1v) is 6.64. The molecule has 22 heavy (non-hydrogen) atoms. The van der Waals surface area contributed by atoms with Gasteiger partial charge in [-0.2, -0.15) is 10.1 Å². The van der Waals surface area contributed by atoms with Gasteiger partial charge in [-0.1, -0.05) is 0 Å². The van der Waals surface area contributed by atoms with Crippen LogP contribution in [-0.2, 0) is 0 Å². The van der Waals surface area contributed by atoms with Gasteiger partial charge in [-0.15, -0.1) is 5.10 Å². The molecule has 8 nitrogen and oxygen atoms in total. The van der Waals surface area contributed by atoms with Crippen LogP contribution in [0.5, 0.6) is 0 Å². The second-order valence-corrected chi connectivity index (χ2v) is 4.83. The molecule has 3 aromatic heterocycles. The normalized spacial score (nSPS) is 11.4. The summed E-state index contributed by atoms with van der Waals surface area (Å²) in [7, 11) is 0. The van der Waals surface area contributed by atoms with E-state index < -0.39 is 5.91 Å². The van der Waals surface area contributed by atoms with Crippen molar-refractivity contribution in [3.63, 3.8) is 0 Å². The molecule has 1 amide bonds. The fraction of sp³-hybridized carbons (Fsp3) is 0.214. The molecule has 0 saturated carbocycles. The second-order valence-electron chi connectivity index (χ2n) is 4.83. The summed E-state index contributed by atoms with van der Waals surface area (Å²) < 4.78 is 6.82. The van der Waals surface area contributed by atoms with Gasteiger partial charge in [-0.3, -0.25) is 4.79 Å². The van der Waals surface area contributed by atoms with Crippen LogP contribution >= 0.6 is 0 Å². The number of nitrogens with one attached hydrogen (secondary N) is 1. The number of aryl methyl sites for hydroxylation is 3. The van der Waals surface area contributed by atoms with Gasteiger partial charge < -0.3 is 4.42 Å². The number of carbonyl (C=O) groups is 1. The molecule has 0 unspecified atom stereocenters. The topological polar surface area (TPSA) is 97.7 Å². The molecular formula is C14H14N6O2. The molecule has 0 fully saturated rings. The molecule has 0 aliphatic rings. The Balaban J connectivity index is 1.77. The molecule has 0 aliphatic carbocycles. The lowest BCUT2D eigenvalue weighted by atomic mass is 10.4. The van der Waals surface area contributed by atoms with Crippen LogP contribution in [0.15, 0.2) is 27.7 Å². The van der Waals surface area contributed by atoms with E-state index in [9.17, 15) is 4.79 Å². The van der Waals surface area contributed by atoms with Gasteiger partial charge in [0.2, 0.25) is 5.82 Å². The summed E-state index contributed by atoms with van der Waals surface area (Å²) in [5.74, 6) is 1.20. The Bertz CT molecular complexity index is 877. The zero-order valence-electron chi connectivity index (χ0n) is 12.4. The largest absolute Gasteiger partial charge is 0.460 e. The Labute approximate surface area is 125 Å². The van der Waals surface area contributed by atoms with Crippen LogP contribution in [0, 0.1) is 20.8 Å². The highest BCUT2D eigenvalue weighted by atomic mass is 16.3. The summed E-state index contributed by atoms with van der Waals surface area (Å²) in [6, 6.07) is 5.43. The number of rotatable bonds is 3. The van der Waals surface area contributed by atoms with Crippen LogP contribution in [-0.4, -0.2) is 31.7 Å². The van der Waals surface area contributed by atoms with Crippen molar-refractivity contribution in [2.75, 3.05) is 0 Å². The number of carbonyl (C=O) groups excluding carboxylic acids is 1. The molecule has 3 aromatic rings. The predicted octanol–water partition coefficient (Wildman–Crippen LogP) is 1.41. The van der Waals surface area contributed by atoms with Crippen molar-refractivity contribution in [3.8, 4) is 0 Å². The first-order valence-electron chi connectivity index (χ1n) is 6.64. The number of hydrogen-bond acceptors (Lipinski definition) is 6. The van der Waals surface area contributed by atoms with Crippen LogP contribution in [0.4, 0.5) is 0 Å². The lowest BCUT2D eigenvalue weighted by Crippen LogP contribution is -2.19. The van der Waals surface area contributed by atoms with E-state index >= 15 is 0 Å². The minimum Gasteiger partial charge on any atom is -0.460 e. The maximum absolute atomic E-state index is 12.0. The van der Waals surface area contributed by atoms with Gasteiger partial charge in [-0.25, -0.2) is 14.9 Å². The molecule has 1 N–H and O–H groups in total. The van der Waals surface area contributed by atoms with Crippen LogP contribution < -0.4 is 5.43 Å². The maximum Gasteiger partial charge on any atom is 0.311 e. The van der Waals surface area contributed by atoms with E-state index in [1.165, 1.54) is 10.7 Å². The average molecular weight is 298 g/mol. The van der Waals surface area contributed by atoms with Crippen molar-refractivity contribution in [1.29, 1.82) is 0 Å². The van der Waals surface area contributed by atoms with E-state index in [0.29, 0.717) is 11.5 Å². The Morgan fingerprint density at radius 2 is 2.14 bits per heavy atom. The van der Waals surface area contributed by atoms with Crippen molar-refractivity contribution in [3.05, 3.63) is 46.9 Å². The number of furan rings is 1. The Kier molecular flexibility index (Phi) is 3.42. The fourth-order valence-corrected chi connectivity index (χ4v) is 1.99. The zero-order valence-corrected chi connectivity index (χ0v) is 12.4. The zero-order chi connectivity index (χ0) is 15.7. The molecule has 0 aromatic carbocycles. The summed E-state index contributed by atoms with van der Waals surface area (Å²) in [5, 5.41) is 7.93. The van der Waals surface area contributed by atoms with Gasteiger partial charge in [0.05, 0.1) is 6.21 Å². The molecule has 8 heteroatoms. The van der Waals surface area contributed by atoms with Gasteiger partial charge in [0.1, 0.15) is 11.5 Å². The number of aromatic nitrogens is 4. The molecule has 0 radical (unpaired) electrons. The SMILES string of the molecule is Cc1cc(C)n2nc(C(=O)NN=Cc3ccc(C)o3)nc2n1. The second kappa shape index (κ2) is 5.40. The molecular weight excluding hydrogens is 284 g/mol. The first-order chi connectivity index (χ1) is 10.5. The number of fused-ring (bicyclic) bond motifs is 1. The smallest absolute Gasteiger partial charge is 0.311 e. The van der Waals surface area contributed by atoms with E-state index in [-0.39, 0.29) is 5.82 Å². The molecule has 3 rings (SSSR count). The lowest BCUT2D eigenvalue weighted by molar-refractivity contribution is 0.0945. The third-order valence-corrected chi connectivity index (χ3v) is 2.94. The summed E-state index contributed by atoms with van der Waals surface area (Å²) in [5.41, 5.74) is 4.02. The third kappa shape index (κ3) is 2.71. The van der Waals surface area contributed by atoms with Crippen molar-refractivity contribution in [2.45, 2.75) is 20.8 Å².